The van der Waals surface area contributed by atoms with Gasteiger partial charge in [-0.25, -0.2) is 0 Å². The summed E-state index contributed by atoms with van der Waals surface area (Å²) in [5.74, 6) is -0.379. The SMILES string of the molecule is CCN(CC)C(CP(=O)(OC(C)C)OC(C)(C)C(=O)c1ccccc1)=NC(C)=O. The maximum atomic E-state index is 13.7. The number of rotatable bonds is 10. The fourth-order valence-corrected chi connectivity index (χ4v) is 5.11. The van der Waals surface area contributed by atoms with E-state index in [4.69, 9.17) is 9.05 Å². The van der Waals surface area contributed by atoms with Crippen molar-refractivity contribution in [2.24, 2.45) is 4.99 Å². The number of ketones is 1. The third-order valence-corrected chi connectivity index (χ3v) is 6.22. The monoisotopic (exact) mass is 424 g/mol. The molecule has 8 heteroatoms. The molecule has 0 radical (unpaired) electrons. The second kappa shape index (κ2) is 10.8. The molecular formula is C21H33N2O5P. The van der Waals surface area contributed by atoms with Gasteiger partial charge in [0.25, 0.3) is 0 Å². The van der Waals surface area contributed by atoms with E-state index in [0.29, 0.717) is 24.5 Å². The Morgan fingerprint density at radius 1 is 1.14 bits per heavy atom. The van der Waals surface area contributed by atoms with E-state index < -0.39 is 25.2 Å². The first-order valence-corrected chi connectivity index (χ1v) is 11.6. The molecule has 1 atom stereocenters. The first kappa shape index (κ1) is 25.2. The van der Waals surface area contributed by atoms with Crippen LogP contribution in [0.5, 0.6) is 0 Å². The summed E-state index contributed by atoms with van der Waals surface area (Å²) >= 11 is 0. The van der Waals surface area contributed by atoms with Crippen molar-refractivity contribution in [2.75, 3.05) is 19.3 Å². The van der Waals surface area contributed by atoms with Gasteiger partial charge in [-0.05, 0) is 41.5 Å². The van der Waals surface area contributed by atoms with Gasteiger partial charge in [-0.2, -0.15) is 4.99 Å². The Bertz CT molecular complexity index is 771. The van der Waals surface area contributed by atoms with E-state index in [1.807, 2.05) is 24.8 Å². The van der Waals surface area contributed by atoms with Gasteiger partial charge in [0.1, 0.15) is 17.6 Å². The van der Waals surface area contributed by atoms with Crippen LogP contribution in [0.4, 0.5) is 0 Å². The molecule has 29 heavy (non-hydrogen) atoms. The second-order valence-corrected chi connectivity index (χ2v) is 9.37. The Hall–Kier alpha value is -1.82. The molecule has 0 saturated carbocycles. The first-order chi connectivity index (χ1) is 13.4. The van der Waals surface area contributed by atoms with E-state index in [0.717, 1.165) is 0 Å². The molecule has 0 saturated heterocycles. The lowest BCUT2D eigenvalue weighted by molar-refractivity contribution is -0.115. The van der Waals surface area contributed by atoms with E-state index in [9.17, 15) is 14.2 Å². The molecule has 0 aliphatic heterocycles. The van der Waals surface area contributed by atoms with Crippen molar-refractivity contribution in [3.8, 4) is 0 Å². The Morgan fingerprint density at radius 2 is 1.69 bits per heavy atom. The molecule has 0 aliphatic rings. The second-order valence-electron chi connectivity index (χ2n) is 7.44. The van der Waals surface area contributed by atoms with Crippen LogP contribution in [0.25, 0.3) is 0 Å². The molecule has 1 aromatic rings. The fourth-order valence-electron chi connectivity index (χ4n) is 2.89. The Kier molecular flexibility index (Phi) is 9.40. The van der Waals surface area contributed by atoms with Crippen molar-refractivity contribution >= 4 is 25.1 Å². The molecule has 1 amide bonds. The van der Waals surface area contributed by atoms with Crippen molar-refractivity contribution in [3.05, 3.63) is 35.9 Å². The van der Waals surface area contributed by atoms with Crippen LogP contribution in [0.15, 0.2) is 35.3 Å². The molecule has 0 fully saturated rings. The van der Waals surface area contributed by atoms with Crippen LogP contribution in [0, 0.1) is 0 Å². The molecule has 0 N–H and O–H groups in total. The minimum absolute atomic E-state index is 0.196. The number of amides is 1. The van der Waals surface area contributed by atoms with Gasteiger partial charge < -0.3 is 9.42 Å². The zero-order valence-corrected chi connectivity index (χ0v) is 19.4. The number of amidine groups is 1. The van der Waals surface area contributed by atoms with Crippen molar-refractivity contribution in [2.45, 2.75) is 60.2 Å². The summed E-state index contributed by atoms with van der Waals surface area (Å²) in [4.78, 5) is 30.4. The lowest BCUT2D eigenvalue weighted by atomic mass is 9.97. The molecule has 0 aromatic heterocycles. The van der Waals surface area contributed by atoms with Gasteiger partial charge in [0, 0.05) is 25.6 Å². The standard InChI is InChI=1S/C21H33N2O5P/c1-8-23(9-2)19(22-17(5)24)15-29(26,27-16(3)4)28-21(6,7)20(25)18-13-11-10-12-14-18/h10-14,16H,8-9,15H2,1-7H3. The molecule has 7 nitrogen and oxygen atoms in total. The van der Waals surface area contributed by atoms with Gasteiger partial charge in [-0.1, -0.05) is 30.3 Å². The maximum absolute atomic E-state index is 13.7. The number of nitrogens with zero attached hydrogens (tertiary/aromatic N) is 2. The number of aliphatic imine (C=N–C) groups is 1. The third kappa shape index (κ3) is 7.84. The third-order valence-electron chi connectivity index (χ3n) is 4.07. The van der Waals surface area contributed by atoms with Crippen LogP contribution in [0.2, 0.25) is 0 Å². The molecule has 0 aliphatic carbocycles. The van der Waals surface area contributed by atoms with Crippen LogP contribution in [-0.2, 0) is 18.4 Å². The smallest absolute Gasteiger partial charge is 0.339 e. The topological polar surface area (TPSA) is 85.3 Å². The minimum atomic E-state index is -3.81. The lowest BCUT2D eigenvalue weighted by Crippen LogP contribution is -2.38. The quantitative estimate of drug-likeness (QED) is 0.237. The van der Waals surface area contributed by atoms with Crippen LogP contribution in [0.1, 0.15) is 58.8 Å². The van der Waals surface area contributed by atoms with Crippen molar-refractivity contribution < 1.29 is 23.2 Å². The predicted molar refractivity (Wildman–Crippen MR) is 116 cm³/mol. The number of benzene rings is 1. The molecule has 1 unspecified atom stereocenters. The largest absolute Gasteiger partial charge is 0.360 e. The average Bonchev–Trinajstić information content (AvgIpc) is 2.60. The molecule has 1 aromatic carbocycles. The summed E-state index contributed by atoms with van der Waals surface area (Å²) in [7, 11) is -3.81. The summed E-state index contributed by atoms with van der Waals surface area (Å²) in [5, 5.41) is 0. The molecule has 0 heterocycles. The normalized spacial score (nSPS) is 14.6. The van der Waals surface area contributed by atoms with Crippen molar-refractivity contribution in [3.63, 3.8) is 0 Å². The summed E-state index contributed by atoms with van der Waals surface area (Å²) in [6.07, 6.45) is -0.600. The van der Waals surface area contributed by atoms with E-state index >= 15 is 0 Å². The summed E-state index contributed by atoms with van der Waals surface area (Å²) in [6, 6.07) is 8.68. The molecule has 0 spiro atoms. The highest BCUT2D eigenvalue weighted by Crippen LogP contribution is 2.53. The molecule has 0 bridgehead atoms. The Balaban J connectivity index is 3.26. The van der Waals surface area contributed by atoms with Gasteiger partial charge in [0.05, 0.1) is 6.10 Å². The van der Waals surface area contributed by atoms with Crippen LogP contribution >= 0.6 is 7.60 Å². The van der Waals surface area contributed by atoms with E-state index in [2.05, 4.69) is 4.99 Å². The van der Waals surface area contributed by atoms with Gasteiger partial charge in [-0.15, -0.1) is 0 Å². The van der Waals surface area contributed by atoms with Crippen molar-refractivity contribution in [1.29, 1.82) is 0 Å². The number of Topliss-reactive ketones (excluding diaryl/α,β-unsaturated/α-hetero) is 1. The zero-order chi connectivity index (χ0) is 22.2. The fraction of sp³-hybridized carbons (Fsp3) is 0.571. The highest BCUT2D eigenvalue weighted by Gasteiger charge is 2.41. The van der Waals surface area contributed by atoms with Crippen LogP contribution in [-0.4, -0.2) is 53.4 Å². The van der Waals surface area contributed by atoms with Crippen LogP contribution < -0.4 is 0 Å². The van der Waals surface area contributed by atoms with E-state index in [1.54, 1.807) is 52.0 Å². The summed E-state index contributed by atoms with van der Waals surface area (Å²) < 4.78 is 25.2. The molecular weight excluding hydrogens is 391 g/mol. The van der Waals surface area contributed by atoms with Gasteiger partial charge in [0.15, 0.2) is 5.78 Å². The Labute approximate surface area is 174 Å². The lowest BCUT2D eigenvalue weighted by Gasteiger charge is -2.32. The Morgan fingerprint density at radius 3 is 2.14 bits per heavy atom. The molecule has 1 rings (SSSR count). The predicted octanol–water partition coefficient (Wildman–Crippen LogP) is 4.57. The van der Waals surface area contributed by atoms with E-state index in [1.165, 1.54) is 6.92 Å². The molecule has 162 valence electrons. The van der Waals surface area contributed by atoms with Gasteiger partial charge in [0.2, 0.25) is 5.91 Å². The van der Waals surface area contributed by atoms with E-state index in [-0.39, 0.29) is 11.9 Å². The van der Waals surface area contributed by atoms with Crippen LogP contribution in [0.3, 0.4) is 0 Å². The minimum Gasteiger partial charge on any atom is -0.360 e. The highest BCUT2D eigenvalue weighted by atomic mass is 31.2. The number of carbonyl (C=O) groups is 2. The number of carbonyl (C=O) groups excluding carboxylic acids is 2. The first-order valence-electron chi connectivity index (χ1n) is 9.85. The average molecular weight is 424 g/mol. The van der Waals surface area contributed by atoms with Gasteiger partial charge >= 0.3 is 7.60 Å². The summed E-state index contributed by atoms with van der Waals surface area (Å²) in [5.41, 5.74) is -0.939. The zero-order valence-electron chi connectivity index (χ0n) is 18.5. The highest BCUT2D eigenvalue weighted by molar-refractivity contribution is 7.55. The van der Waals surface area contributed by atoms with Gasteiger partial charge in [-0.3, -0.25) is 18.7 Å². The number of hydrogen-bond donors (Lipinski definition) is 0. The van der Waals surface area contributed by atoms with Crippen molar-refractivity contribution in [1.82, 2.24) is 4.90 Å². The maximum Gasteiger partial charge on any atom is 0.339 e. The number of hydrogen-bond acceptors (Lipinski definition) is 5. The summed E-state index contributed by atoms with van der Waals surface area (Å²) in [6.45, 7) is 12.9.